The van der Waals surface area contributed by atoms with Crippen molar-refractivity contribution in [3.63, 3.8) is 0 Å². The molecule has 0 spiro atoms. The maximum Gasteiger partial charge on any atom is 0.0988 e. The quantitative estimate of drug-likeness (QED) is 0.608. The molecule has 0 heterocycles. The van der Waals surface area contributed by atoms with Gasteiger partial charge in [0.2, 0.25) is 0 Å². The zero-order valence-electron chi connectivity index (χ0n) is 10.5. The summed E-state index contributed by atoms with van der Waals surface area (Å²) in [5.74, 6) is 0. The molecule has 0 aromatic carbocycles. The SMILES string of the molecule is CCCOCCOC1CC(N)C1OCCC. The molecule has 1 rings (SSSR count). The molecule has 1 aliphatic rings. The summed E-state index contributed by atoms with van der Waals surface area (Å²) in [6.07, 6.45) is 3.24. The van der Waals surface area contributed by atoms with Crippen molar-refractivity contribution in [1.29, 1.82) is 0 Å². The zero-order valence-corrected chi connectivity index (χ0v) is 10.5. The van der Waals surface area contributed by atoms with E-state index in [0.717, 1.165) is 32.5 Å². The van der Waals surface area contributed by atoms with Crippen LogP contribution in [0.3, 0.4) is 0 Å². The Bertz CT molecular complexity index is 178. The lowest BCUT2D eigenvalue weighted by molar-refractivity contribution is -0.145. The molecule has 0 amide bonds. The molecule has 0 aromatic rings. The van der Waals surface area contributed by atoms with Crippen molar-refractivity contribution < 1.29 is 14.2 Å². The minimum Gasteiger partial charge on any atom is -0.379 e. The van der Waals surface area contributed by atoms with Gasteiger partial charge in [-0.25, -0.2) is 0 Å². The Morgan fingerprint density at radius 1 is 1.00 bits per heavy atom. The monoisotopic (exact) mass is 231 g/mol. The highest BCUT2D eigenvalue weighted by Crippen LogP contribution is 2.25. The normalized spacial score (nSPS) is 29.1. The van der Waals surface area contributed by atoms with Gasteiger partial charge in [-0.05, 0) is 19.3 Å². The van der Waals surface area contributed by atoms with Crippen molar-refractivity contribution >= 4 is 0 Å². The Balaban J connectivity index is 2.03. The molecule has 1 aliphatic carbocycles. The van der Waals surface area contributed by atoms with Crippen molar-refractivity contribution in [2.75, 3.05) is 26.4 Å². The average molecular weight is 231 g/mol. The molecular formula is C12H25NO3. The Kier molecular flexibility index (Phi) is 6.96. The van der Waals surface area contributed by atoms with E-state index in [9.17, 15) is 0 Å². The molecule has 3 atom stereocenters. The maximum atomic E-state index is 5.87. The Labute approximate surface area is 98.4 Å². The lowest BCUT2D eigenvalue weighted by Gasteiger charge is -2.41. The smallest absolute Gasteiger partial charge is 0.0988 e. The summed E-state index contributed by atoms with van der Waals surface area (Å²) in [5.41, 5.74) is 5.87. The van der Waals surface area contributed by atoms with Crippen molar-refractivity contribution in [2.24, 2.45) is 5.73 Å². The zero-order chi connectivity index (χ0) is 11.8. The van der Waals surface area contributed by atoms with Gasteiger partial charge in [0, 0.05) is 19.3 Å². The van der Waals surface area contributed by atoms with Crippen LogP contribution >= 0.6 is 0 Å². The maximum absolute atomic E-state index is 5.87. The number of nitrogens with two attached hydrogens (primary N) is 1. The number of hydrogen-bond acceptors (Lipinski definition) is 4. The van der Waals surface area contributed by atoms with E-state index in [2.05, 4.69) is 13.8 Å². The second-order valence-electron chi connectivity index (χ2n) is 4.26. The molecule has 0 aromatic heterocycles. The standard InChI is InChI=1S/C12H25NO3/c1-3-5-14-7-8-15-11-9-10(13)12(11)16-6-4-2/h10-12H,3-9,13H2,1-2H3. The molecule has 0 radical (unpaired) electrons. The predicted molar refractivity (Wildman–Crippen MR) is 63.5 cm³/mol. The Morgan fingerprint density at radius 2 is 1.75 bits per heavy atom. The van der Waals surface area contributed by atoms with E-state index in [1.165, 1.54) is 0 Å². The van der Waals surface area contributed by atoms with Crippen molar-refractivity contribution in [3.8, 4) is 0 Å². The van der Waals surface area contributed by atoms with Crippen LogP contribution in [0.5, 0.6) is 0 Å². The summed E-state index contributed by atoms with van der Waals surface area (Å²) in [6, 6.07) is 0.146. The van der Waals surface area contributed by atoms with E-state index in [1.807, 2.05) is 0 Å². The third-order valence-corrected chi connectivity index (χ3v) is 2.72. The molecule has 4 heteroatoms. The van der Waals surface area contributed by atoms with E-state index < -0.39 is 0 Å². The summed E-state index contributed by atoms with van der Waals surface area (Å²) in [5, 5.41) is 0. The van der Waals surface area contributed by atoms with Crippen molar-refractivity contribution in [3.05, 3.63) is 0 Å². The molecule has 16 heavy (non-hydrogen) atoms. The van der Waals surface area contributed by atoms with Crippen LogP contribution in [0.1, 0.15) is 33.1 Å². The van der Waals surface area contributed by atoms with E-state index in [-0.39, 0.29) is 18.2 Å². The van der Waals surface area contributed by atoms with E-state index in [1.54, 1.807) is 0 Å². The lowest BCUT2D eigenvalue weighted by Crippen LogP contribution is -2.58. The van der Waals surface area contributed by atoms with Crippen LogP contribution in [0.25, 0.3) is 0 Å². The van der Waals surface area contributed by atoms with Gasteiger partial charge in [0.1, 0.15) is 0 Å². The number of rotatable bonds is 9. The molecule has 0 bridgehead atoms. The third-order valence-electron chi connectivity index (χ3n) is 2.72. The summed E-state index contributed by atoms with van der Waals surface area (Å²) in [7, 11) is 0. The summed E-state index contributed by atoms with van der Waals surface area (Å²) in [4.78, 5) is 0. The number of hydrogen-bond donors (Lipinski definition) is 1. The van der Waals surface area contributed by atoms with Crippen LogP contribution in [-0.2, 0) is 14.2 Å². The van der Waals surface area contributed by atoms with Crippen LogP contribution in [0.2, 0.25) is 0 Å². The molecule has 0 saturated heterocycles. The van der Waals surface area contributed by atoms with Gasteiger partial charge in [-0.2, -0.15) is 0 Å². The van der Waals surface area contributed by atoms with Crippen molar-refractivity contribution in [1.82, 2.24) is 0 Å². The molecule has 1 fully saturated rings. The van der Waals surface area contributed by atoms with Gasteiger partial charge < -0.3 is 19.9 Å². The van der Waals surface area contributed by atoms with Gasteiger partial charge in [0.05, 0.1) is 25.4 Å². The van der Waals surface area contributed by atoms with Crippen LogP contribution in [0, 0.1) is 0 Å². The molecular weight excluding hydrogens is 206 g/mol. The fourth-order valence-corrected chi connectivity index (χ4v) is 1.77. The van der Waals surface area contributed by atoms with E-state index in [0.29, 0.717) is 13.2 Å². The highest BCUT2D eigenvalue weighted by Gasteiger charge is 2.40. The number of ether oxygens (including phenoxy) is 3. The van der Waals surface area contributed by atoms with Gasteiger partial charge in [-0.15, -0.1) is 0 Å². The molecule has 4 nitrogen and oxygen atoms in total. The topological polar surface area (TPSA) is 53.7 Å². The Morgan fingerprint density at radius 3 is 2.38 bits per heavy atom. The van der Waals surface area contributed by atoms with Gasteiger partial charge in [-0.3, -0.25) is 0 Å². The second kappa shape index (κ2) is 8.01. The average Bonchev–Trinajstić information content (AvgIpc) is 2.27. The second-order valence-corrected chi connectivity index (χ2v) is 4.26. The third kappa shape index (κ3) is 4.37. The highest BCUT2D eigenvalue weighted by atomic mass is 16.6. The van der Waals surface area contributed by atoms with Gasteiger partial charge in [0.25, 0.3) is 0 Å². The van der Waals surface area contributed by atoms with Crippen LogP contribution in [-0.4, -0.2) is 44.7 Å². The van der Waals surface area contributed by atoms with Crippen LogP contribution < -0.4 is 5.73 Å². The largest absolute Gasteiger partial charge is 0.379 e. The highest BCUT2D eigenvalue weighted by molar-refractivity contribution is 4.95. The first-order chi connectivity index (χ1) is 7.79. The fraction of sp³-hybridized carbons (Fsp3) is 1.00. The minimum atomic E-state index is 0.0890. The summed E-state index contributed by atoms with van der Waals surface area (Å²) in [6.45, 7) is 7.08. The first-order valence-electron chi connectivity index (χ1n) is 6.36. The van der Waals surface area contributed by atoms with Gasteiger partial charge >= 0.3 is 0 Å². The predicted octanol–water partition coefficient (Wildman–Crippen LogP) is 1.32. The minimum absolute atomic E-state index is 0.0890. The van der Waals surface area contributed by atoms with E-state index in [4.69, 9.17) is 19.9 Å². The molecule has 1 saturated carbocycles. The molecule has 96 valence electrons. The van der Waals surface area contributed by atoms with Gasteiger partial charge in [0.15, 0.2) is 0 Å². The first-order valence-corrected chi connectivity index (χ1v) is 6.36. The summed E-state index contributed by atoms with van der Waals surface area (Å²) >= 11 is 0. The van der Waals surface area contributed by atoms with Crippen molar-refractivity contribution in [2.45, 2.75) is 51.4 Å². The summed E-state index contributed by atoms with van der Waals surface area (Å²) < 4.78 is 16.7. The fourth-order valence-electron chi connectivity index (χ4n) is 1.77. The Hall–Kier alpha value is -0.160. The molecule has 2 N–H and O–H groups in total. The molecule has 3 unspecified atom stereocenters. The molecule has 0 aliphatic heterocycles. The van der Waals surface area contributed by atoms with E-state index >= 15 is 0 Å². The first kappa shape index (κ1) is 13.9. The van der Waals surface area contributed by atoms with Gasteiger partial charge in [-0.1, -0.05) is 13.8 Å². The van der Waals surface area contributed by atoms with Crippen LogP contribution in [0.4, 0.5) is 0 Å². The van der Waals surface area contributed by atoms with Crippen LogP contribution in [0.15, 0.2) is 0 Å². The lowest BCUT2D eigenvalue weighted by atomic mass is 9.86.